The van der Waals surface area contributed by atoms with Gasteiger partial charge in [-0.1, -0.05) is 6.42 Å². The van der Waals surface area contributed by atoms with Gasteiger partial charge in [0.1, 0.15) is 0 Å². The molecule has 1 aromatic heterocycles. The van der Waals surface area contributed by atoms with Gasteiger partial charge in [-0.3, -0.25) is 4.79 Å². The number of piperidine rings is 3. The highest BCUT2D eigenvalue weighted by molar-refractivity contribution is 5.79. The van der Waals surface area contributed by atoms with Crippen LogP contribution in [0.1, 0.15) is 51.4 Å². The minimum Gasteiger partial charge on any atom is -0.385 e. The average Bonchev–Trinajstić information content (AvgIpc) is 2.84. The number of methoxy groups -OCH3 is 1. The van der Waals surface area contributed by atoms with Gasteiger partial charge in [0, 0.05) is 64.2 Å². The topological polar surface area (TPSA) is 61.8 Å². The van der Waals surface area contributed by atoms with Crippen LogP contribution in [-0.2, 0) is 9.53 Å². The van der Waals surface area contributed by atoms with Gasteiger partial charge >= 0.3 is 0 Å². The number of hydrogen-bond acceptors (Lipinski definition) is 6. The summed E-state index contributed by atoms with van der Waals surface area (Å²) in [5.41, 5.74) is 0. The molecule has 0 spiro atoms. The maximum absolute atomic E-state index is 13.6. The molecule has 4 rings (SSSR count). The van der Waals surface area contributed by atoms with Crippen LogP contribution in [0.3, 0.4) is 0 Å². The second-order valence-corrected chi connectivity index (χ2v) is 9.44. The van der Waals surface area contributed by atoms with Crippen molar-refractivity contribution in [2.24, 2.45) is 11.8 Å². The Morgan fingerprint density at radius 3 is 2.61 bits per heavy atom. The Labute approximate surface area is 187 Å². The molecule has 3 fully saturated rings. The summed E-state index contributed by atoms with van der Waals surface area (Å²) in [6.07, 6.45) is 12.8. The fraction of sp³-hybridized carbons (Fsp3) is 0.792. The van der Waals surface area contributed by atoms with E-state index >= 15 is 0 Å². The number of anilines is 1. The van der Waals surface area contributed by atoms with Crippen molar-refractivity contribution >= 4 is 11.9 Å². The van der Waals surface area contributed by atoms with Crippen LogP contribution < -0.4 is 4.90 Å². The molecule has 3 aliphatic heterocycles. The molecule has 0 unspecified atom stereocenters. The lowest BCUT2D eigenvalue weighted by Gasteiger charge is -2.46. The number of aromatic nitrogens is 2. The van der Waals surface area contributed by atoms with Crippen LogP contribution in [0.15, 0.2) is 18.5 Å². The van der Waals surface area contributed by atoms with Gasteiger partial charge in [-0.2, -0.15) is 0 Å². The van der Waals surface area contributed by atoms with Crippen LogP contribution in [0.5, 0.6) is 0 Å². The molecule has 0 bridgehead atoms. The van der Waals surface area contributed by atoms with Crippen molar-refractivity contribution in [2.75, 3.05) is 57.9 Å². The summed E-state index contributed by atoms with van der Waals surface area (Å²) in [4.78, 5) is 29.4. The van der Waals surface area contributed by atoms with Crippen LogP contribution in [0.25, 0.3) is 0 Å². The number of fused-ring (bicyclic) bond motifs is 1. The van der Waals surface area contributed by atoms with E-state index in [1.165, 1.54) is 45.2 Å². The van der Waals surface area contributed by atoms with Gasteiger partial charge in [-0.15, -0.1) is 0 Å². The fourth-order valence-corrected chi connectivity index (χ4v) is 5.80. The zero-order chi connectivity index (χ0) is 21.5. The molecular formula is C24H39N5O2. The molecule has 1 amide bonds. The molecule has 3 saturated heterocycles. The van der Waals surface area contributed by atoms with E-state index in [0.717, 1.165) is 51.4 Å². The van der Waals surface area contributed by atoms with Gasteiger partial charge in [0.25, 0.3) is 0 Å². The van der Waals surface area contributed by atoms with E-state index in [9.17, 15) is 4.79 Å². The Kier molecular flexibility index (Phi) is 8.14. The van der Waals surface area contributed by atoms with Gasteiger partial charge in [0.05, 0.1) is 0 Å². The van der Waals surface area contributed by atoms with Gasteiger partial charge in [-0.05, 0) is 70.0 Å². The van der Waals surface area contributed by atoms with E-state index in [1.54, 1.807) is 19.5 Å². The third kappa shape index (κ3) is 5.75. The number of hydrogen-bond donors (Lipinski definition) is 0. The lowest BCUT2D eigenvalue weighted by molar-refractivity contribution is -0.137. The summed E-state index contributed by atoms with van der Waals surface area (Å²) in [5.74, 6) is 1.88. The molecule has 0 radical (unpaired) electrons. The fourth-order valence-electron chi connectivity index (χ4n) is 5.80. The van der Waals surface area contributed by atoms with E-state index in [1.807, 2.05) is 6.07 Å². The zero-order valence-corrected chi connectivity index (χ0v) is 19.1. The van der Waals surface area contributed by atoms with E-state index in [2.05, 4.69) is 24.7 Å². The molecule has 7 nitrogen and oxygen atoms in total. The molecule has 2 atom stereocenters. The first-order valence-electron chi connectivity index (χ1n) is 12.3. The molecule has 172 valence electrons. The minimum atomic E-state index is 0.119. The number of nitrogens with zero attached hydrogens (tertiary/aromatic N) is 5. The highest BCUT2D eigenvalue weighted by Gasteiger charge is 2.36. The van der Waals surface area contributed by atoms with Crippen LogP contribution in [0.2, 0.25) is 0 Å². The van der Waals surface area contributed by atoms with Crippen molar-refractivity contribution in [3.8, 4) is 0 Å². The zero-order valence-electron chi connectivity index (χ0n) is 19.1. The molecule has 1 aromatic rings. The molecule has 0 saturated carbocycles. The SMILES string of the molecule is COCCCN(C[C@@H]1CCCN2CCCC[C@H]12)C(=O)C1CCN(c2ncccn2)CC1. The summed E-state index contributed by atoms with van der Waals surface area (Å²) in [6, 6.07) is 2.52. The van der Waals surface area contributed by atoms with Crippen LogP contribution >= 0.6 is 0 Å². The van der Waals surface area contributed by atoms with Crippen molar-refractivity contribution in [1.29, 1.82) is 0 Å². The third-order valence-corrected chi connectivity index (χ3v) is 7.45. The second-order valence-electron chi connectivity index (χ2n) is 9.44. The van der Waals surface area contributed by atoms with Crippen LogP contribution in [-0.4, -0.2) is 84.7 Å². The van der Waals surface area contributed by atoms with E-state index in [4.69, 9.17) is 4.74 Å². The Bertz CT molecular complexity index is 678. The monoisotopic (exact) mass is 429 g/mol. The number of ether oxygens (including phenoxy) is 1. The molecule has 0 aromatic carbocycles. The van der Waals surface area contributed by atoms with E-state index < -0.39 is 0 Å². The maximum Gasteiger partial charge on any atom is 0.225 e. The number of amides is 1. The third-order valence-electron chi connectivity index (χ3n) is 7.45. The molecule has 4 heterocycles. The smallest absolute Gasteiger partial charge is 0.225 e. The first-order chi connectivity index (χ1) is 15.3. The molecule has 3 aliphatic rings. The maximum atomic E-state index is 13.6. The molecule has 31 heavy (non-hydrogen) atoms. The minimum absolute atomic E-state index is 0.119. The summed E-state index contributed by atoms with van der Waals surface area (Å²) >= 11 is 0. The Morgan fingerprint density at radius 1 is 1.06 bits per heavy atom. The largest absolute Gasteiger partial charge is 0.385 e. The molecule has 7 heteroatoms. The predicted molar refractivity (Wildman–Crippen MR) is 122 cm³/mol. The number of carbonyl (C=O) groups excluding carboxylic acids is 1. The van der Waals surface area contributed by atoms with Gasteiger partial charge in [0.15, 0.2) is 0 Å². The predicted octanol–water partition coefficient (Wildman–Crippen LogP) is 2.82. The first-order valence-corrected chi connectivity index (χ1v) is 12.3. The van der Waals surface area contributed by atoms with Crippen molar-refractivity contribution in [1.82, 2.24) is 19.8 Å². The van der Waals surface area contributed by atoms with Gasteiger partial charge in [-0.25, -0.2) is 9.97 Å². The van der Waals surface area contributed by atoms with Crippen molar-refractivity contribution in [3.63, 3.8) is 0 Å². The van der Waals surface area contributed by atoms with Crippen LogP contribution in [0.4, 0.5) is 5.95 Å². The molecular weight excluding hydrogens is 390 g/mol. The van der Waals surface area contributed by atoms with Crippen molar-refractivity contribution in [3.05, 3.63) is 18.5 Å². The highest BCUT2D eigenvalue weighted by atomic mass is 16.5. The Hall–Kier alpha value is -1.73. The molecule has 0 N–H and O–H groups in total. The summed E-state index contributed by atoms with van der Waals surface area (Å²) in [6.45, 7) is 6.66. The van der Waals surface area contributed by atoms with Gasteiger partial charge < -0.3 is 19.4 Å². The average molecular weight is 430 g/mol. The van der Waals surface area contributed by atoms with Crippen molar-refractivity contribution < 1.29 is 9.53 Å². The summed E-state index contributed by atoms with van der Waals surface area (Å²) < 4.78 is 5.29. The lowest BCUT2D eigenvalue weighted by Crippen LogP contribution is -2.52. The lowest BCUT2D eigenvalue weighted by atomic mass is 9.83. The molecule has 0 aliphatic carbocycles. The number of rotatable bonds is 8. The summed E-state index contributed by atoms with van der Waals surface area (Å²) in [5, 5.41) is 0. The second kappa shape index (κ2) is 11.2. The van der Waals surface area contributed by atoms with Crippen molar-refractivity contribution in [2.45, 2.75) is 57.4 Å². The number of carbonyl (C=O) groups is 1. The Morgan fingerprint density at radius 2 is 1.84 bits per heavy atom. The normalized spacial score (nSPS) is 25.3. The standard InChI is InChI=1S/C24H39N5O2/c1-31-18-6-15-29(19-21-7-4-14-27-13-3-2-8-22(21)27)23(30)20-9-16-28(17-10-20)24-25-11-5-12-26-24/h5,11-12,20-22H,2-4,6-10,13-19H2,1H3/t21-,22+/m0/s1. The Balaban J connectivity index is 1.36. The van der Waals surface area contributed by atoms with Crippen LogP contribution in [0, 0.1) is 11.8 Å². The quantitative estimate of drug-likeness (QED) is 0.592. The van der Waals surface area contributed by atoms with E-state index in [-0.39, 0.29) is 5.92 Å². The summed E-state index contributed by atoms with van der Waals surface area (Å²) in [7, 11) is 1.74. The highest BCUT2D eigenvalue weighted by Crippen LogP contribution is 2.32. The van der Waals surface area contributed by atoms with E-state index in [0.29, 0.717) is 24.5 Å². The van der Waals surface area contributed by atoms with Gasteiger partial charge in [0.2, 0.25) is 11.9 Å². The first kappa shape index (κ1) is 22.5.